The molecule has 2 fully saturated rings. The van der Waals surface area contributed by atoms with Crippen LogP contribution in [-0.4, -0.2) is 49.7 Å². The van der Waals surface area contributed by atoms with E-state index in [9.17, 15) is 4.79 Å². The predicted molar refractivity (Wildman–Crippen MR) is 105 cm³/mol. The van der Waals surface area contributed by atoms with Crippen LogP contribution in [0.3, 0.4) is 0 Å². The van der Waals surface area contributed by atoms with Gasteiger partial charge >= 0.3 is 0 Å². The molecule has 4 heterocycles. The fourth-order valence-corrected chi connectivity index (χ4v) is 4.82. The Morgan fingerprint density at radius 1 is 1.15 bits per heavy atom. The quantitative estimate of drug-likeness (QED) is 0.760. The number of thioether (sulfide) groups is 1. The van der Waals surface area contributed by atoms with Crippen LogP contribution < -0.4 is 5.32 Å². The van der Waals surface area contributed by atoms with Crippen molar-refractivity contribution >= 4 is 17.7 Å². The van der Waals surface area contributed by atoms with Gasteiger partial charge in [-0.3, -0.25) is 14.7 Å². The Labute approximate surface area is 161 Å². The number of nitrogens with zero attached hydrogens (tertiary/aromatic N) is 4. The number of hydrogen-bond donors (Lipinski definition) is 1. The van der Waals surface area contributed by atoms with Crippen molar-refractivity contribution in [2.75, 3.05) is 18.1 Å². The molecule has 0 saturated carbocycles. The number of nitrogens with one attached hydrogen (secondary N) is 1. The van der Waals surface area contributed by atoms with Crippen LogP contribution in [-0.2, 0) is 4.79 Å². The van der Waals surface area contributed by atoms with E-state index in [1.807, 2.05) is 71.3 Å². The fraction of sp³-hybridized carbons (Fsp3) is 0.250. The minimum absolute atomic E-state index is 0.0597. The Morgan fingerprint density at radius 3 is 2.85 bits per heavy atom. The summed E-state index contributed by atoms with van der Waals surface area (Å²) in [5.41, 5.74) is 3.81. The highest BCUT2D eigenvalue weighted by Gasteiger charge is 2.43. The lowest BCUT2D eigenvalue weighted by Gasteiger charge is -2.30. The molecule has 2 aliphatic rings. The van der Waals surface area contributed by atoms with E-state index in [4.69, 9.17) is 5.10 Å². The van der Waals surface area contributed by atoms with Gasteiger partial charge in [0.05, 0.1) is 5.69 Å². The summed E-state index contributed by atoms with van der Waals surface area (Å²) in [5.74, 6) is 1.99. The Hall–Kier alpha value is -2.64. The maximum absolute atomic E-state index is 12.5. The summed E-state index contributed by atoms with van der Waals surface area (Å²) in [6, 6.07) is 13.9. The van der Waals surface area contributed by atoms with Crippen molar-refractivity contribution in [2.45, 2.75) is 12.2 Å². The first-order valence-corrected chi connectivity index (χ1v) is 10.2. The molecule has 136 valence electrons. The van der Waals surface area contributed by atoms with Gasteiger partial charge in [-0.25, -0.2) is 4.68 Å². The van der Waals surface area contributed by atoms with Crippen molar-refractivity contribution in [2.24, 2.45) is 0 Å². The molecule has 0 bridgehead atoms. The van der Waals surface area contributed by atoms with Crippen molar-refractivity contribution in [3.05, 3.63) is 66.6 Å². The van der Waals surface area contributed by atoms with E-state index in [2.05, 4.69) is 15.2 Å². The Balaban J connectivity index is 1.62. The van der Waals surface area contributed by atoms with Gasteiger partial charge in [-0.1, -0.05) is 18.2 Å². The van der Waals surface area contributed by atoms with Gasteiger partial charge in [-0.05, 0) is 24.3 Å². The number of amides is 1. The lowest BCUT2D eigenvalue weighted by molar-refractivity contribution is -0.121. The predicted octanol–water partition coefficient (Wildman–Crippen LogP) is 2.48. The molecule has 7 heteroatoms. The summed E-state index contributed by atoms with van der Waals surface area (Å²) in [7, 11) is 0. The molecule has 0 aliphatic carbocycles. The topological polar surface area (TPSA) is 63.1 Å². The second-order valence-corrected chi connectivity index (χ2v) is 7.84. The van der Waals surface area contributed by atoms with Crippen LogP contribution >= 0.6 is 11.8 Å². The van der Waals surface area contributed by atoms with Crippen LogP contribution in [0.1, 0.15) is 11.7 Å². The molecule has 1 amide bonds. The molecule has 2 atom stereocenters. The van der Waals surface area contributed by atoms with E-state index >= 15 is 0 Å². The van der Waals surface area contributed by atoms with Gasteiger partial charge in [0.15, 0.2) is 0 Å². The van der Waals surface area contributed by atoms with Crippen molar-refractivity contribution in [1.82, 2.24) is 25.0 Å². The number of para-hydroxylation sites is 1. The van der Waals surface area contributed by atoms with E-state index in [1.54, 1.807) is 6.20 Å². The minimum atomic E-state index is -0.156. The second-order valence-electron chi connectivity index (χ2n) is 6.69. The summed E-state index contributed by atoms with van der Waals surface area (Å²) in [5, 5.41) is 8.04. The zero-order valence-corrected chi connectivity index (χ0v) is 15.5. The Morgan fingerprint density at radius 2 is 2.04 bits per heavy atom. The van der Waals surface area contributed by atoms with Crippen LogP contribution in [0.15, 0.2) is 61.1 Å². The normalized spacial score (nSPS) is 22.4. The van der Waals surface area contributed by atoms with Crippen molar-refractivity contribution in [1.29, 1.82) is 0 Å². The van der Waals surface area contributed by atoms with Gasteiger partial charge in [0.1, 0.15) is 17.9 Å². The molecule has 6 nitrogen and oxygen atoms in total. The highest BCUT2D eigenvalue weighted by atomic mass is 32.2. The monoisotopic (exact) mass is 377 g/mol. The first kappa shape index (κ1) is 16.5. The van der Waals surface area contributed by atoms with Gasteiger partial charge in [0.25, 0.3) is 0 Å². The Kier molecular flexibility index (Phi) is 4.18. The third-order valence-electron chi connectivity index (χ3n) is 5.08. The second kappa shape index (κ2) is 6.83. The summed E-state index contributed by atoms with van der Waals surface area (Å²) in [4.78, 5) is 19.0. The zero-order valence-electron chi connectivity index (χ0n) is 14.7. The number of pyridine rings is 1. The van der Waals surface area contributed by atoms with Crippen molar-refractivity contribution < 1.29 is 4.79 Å². The van der Waals surface area contributed by atoms with E-state index in [1.165, 1.54) is 0 Å². The number of aromatic nitrogens is 3. The summed E-state index contributed by atoms with van der Waals surface area (Å²) in [6.45, 7) is 0.891. The highest BCUT2D eigenvalue weighted by molar-refractivity contribution is 7.99. The van der Waals surface area contributed by atoms with E-state index in [0.29, 0.717) is 0 Å². The first-order valence-electron chi connectivity index (χ1n) is 9.00. The SMILES string of the molecule is O=C1NC(c2cn(-c3ccccc3)nc2-c2cccnc2)N2CCSCC12. The van der Waals surface area contributed by atoms with Crippen LogP contribution in [0.25, 0.3) is 16.9 Å². The molecular weight excluding hydrogens is 358 g/mol. The van der Waals surface area contributed by atoms with Crippen LogP contribution in [0.2, 0.25) is 0 Å². The molecule has 2 aliphatic heterocycles. The minimum Gasteiger partial charge on any atom is -0.335 e. The van der Waals surface area contributed by atoms with Gasteiger partial charge in [-0.2, -0.15) is 16.9 Å². The molecule has 1 N–H and O–H groups in total. The number of carbonyl (C=O) groups excluding carboxylic acids is 1. The summed E-state index contributed by atoms with van der Waals surface area (Å²) in [6.07, 6.45) is 5.46. The van der Waals surface area contributed by atoms with Crippen molar-refractivity contribution in [3.63, 3.8) is 0 Å². The smallest absolute Gasteiger partial charge is 0.239 e. The average molecular weight is 377 g/mol. The van der Waals surface area contributed by atoms with Crippen molar-refractivity contribution in [3.8, 4) is 16.9 Å². The highest BCUT2D eigenvalue weighted by Crippen LogP contribution is 2.36. The molecule has 0 radical (unpaired) electrons. The maximum Gasteiger partial charge on any atom is 0.239 e. The fourth-order valence-electron chi connectivity index (χ4n) is 3.75. The number of rotatable bonds is 3. The maximum atomic E-state index is 12.5. The third-order valence-corrected chi connectivity index (χ3v) is 6.10. The van der Waals surface area contributed by atoms with E-state index in [-0.39, 0.29) is 18.1 Å². The van der Waals surface area contributed by atoms with Crippen LogP contribution in [0, 0.1) is 0 Å². The molecule has 2 unspecified atom stereocenters. The van der Waals surface area contributed by atoms with Crippen LogP contribution in [0.4, 0.5) is 0 Å². The third kappa shape index (κ3) is 2.93. The largest absolute Gasteiger partial charge is 0.335 e. The lowest BCUT2D eigenvalue weighted by atomic mass is 10.1. The number of benzene rings is 1. The Bertz CT molecular complexity index is 959. The molecule has 3 aromatic rings. The standard InChI is InChI=1S/C20H19N5OS/c26-20-17-13-27-10-9-24(17)19(22-20)16-12-25(15-6-2-1-3-7-15)23-18(16)14-5-4-8-21-11-14/h1-8,11-12,17,19H,9-10,13H2,(H,22,26). The number of carbonyl (C=O) groups is 1. The molecule has 5 rings (SSSR count). The van der Waals surface area contributed by atoms with Gasteiger partial charge in [0, 0.05) is 47.8 Å². The summed E-state index contributed by atoms with van der Waals surface area (Å²) >= 11 is 1.84. The van der Waals surface area contributed by atoms with Gasteiger partial charge in [-0.15, -0.1) is 0 Å². The van der Waals surface area contributed by atoms with Gasteiger partial charge in [0.2, 0.25) is 5.91 Å². The molecule has 27 heavy (non-hydrogen) atoms. The number of hydrogen-bond acceptors (Lipinski definition) is 5. The number of fused-ring (bicyclic) bond motifs is 1. The average Bonchev–Trinajstić information content (AvgIpc) is 3.31. The zero-order chi connectivity index (χ0) is 18.2. The van der Waals surface area contributed by atoms with Crippen LogP contribution in [0.5, 0.6) is 0 Å². The molecule has 1 aromatic carbocycles. The first-order chi connectivity index (χ1) is 13.3. The molecule has 0 spiro atoms. The molecule has 2 saturated heterocycles. The summed E-state index contributed by atoms with van der Waals surface area (Å²) < 4.78 is 1.88. The molecule has 2 aromatic heterocycles. The van der Waals surface area contributed by atoms with E-state index in [0.717, 1.165) is 40.6 Å². The lowest BCUT2D eigenvalue weighted by Crippen LogP contribution is -2.41. The van der Waals surface area contributed by atoms with E-state index < -0.39 is 0 Å². The molecular formula is C20H19N5OS. The van der Waals surface area contributed by atoms with Gasteiger partial charge < -0.3 is 5.32 Å².